The van der Waals surface area contributed by atoms with Crippen LogP contribution in [0.2, 0.25) is 0 Å². The van der Waals surface area contributed by atoms with Gasteiger partial charge in [0, 0.05) is 12.3 Å². The van der Waals surface area contributed by atoms with Crippen LogP contribution in [0, 0.1) is 34.5 Å². The molecule has 4 heteroatoms. The van der Waals surface area contributed by atoms with E-state index in [1.165, 1.54) is 0 Å². The van der Waals surface area contributed by atoms with Gasteiger partial charge in [0.15, 0.2) is 0 Å². The number of rotatable bonds is 0. The Morgan fingerprint density at radius 3 is 2.26 bits per heavy atom. The summed E-state index contributed by atoms with van der Waals surface area (Å²) in [7, 11) is 0. The van der Waals surface area contributed by atoms with Crippen molar-refractivity contribution < 1.29 is 19.0 Å². The fourth-order valence-electron chi connectivity index (χ4n) is 7.23. The summed E-state index contributed by atoms with van der Waals surface area (Å²) in [4.78, 5) is 0. The van der Waals surface area contributed by atoms with E-state index in [1.807, 2.05) is 0 Å². The molecule has 132 valence electrons. The molecule has 23 heavy (non-hydrogen) atoms. The lowest BCUT2D eigenvalue weighted by Gasteiger charge is -2.62. The molecule has 2 N–H and O–H groups in total. The molecular weight excluding hydrogens is 298 g/mol. The Labute approximate surface area is 137 Å². The van der Waals surface area contributed by atoms with Crippen molar-refractivity contribution >= 4 is 0 Å². The predicted molar refractivity (Wildman–Crippen MR) is 84.1 cm³/mol. The lowest BCUT2D eigenvalue weighted by Crippen LogP contribution is -2.60. The molecule has 0 aromatic rings. The Morgan fingerprint density at radius 2 is 1.52 bits per heavy atom. The highest BCUT2D eigenvalue weighted by molar-refractivity contribution is 5.12. The molecule has 4 aliphatic rings. The maximum atomic E-state index is 15.0. The van der Waals surface area contributed by atoms with Crippen LogP contribution in [0.5, 0.6) is 0 Å². The van der Waals surface area contributed by atoms with Gasteiger partial charge in [-0.05, 0) is 73.5 Å². The number of aliphatic hydroxyl groups excluding tert-OH is 2. The number of alkyl halides is 2. The summed E-state index contributed by atoms with van der Waals surface area (Å²) in [6.45, 7) is 4.20. The van der Waals surface area contributed by atoms with Crippen LogP contribution < -0.4 is 0 Å². The van der Waals surface area contributed by atoms with Gasteiger partial charge in [0.1, 0.15) is 0 Å². The summed E-state index contributed by atoms with van der Waals surface area (Å²) in [5.41, 5.74) is -0.505. The van der Waals surface area contributed by atoms with Crippen molar-refractivity contribution in [2.75, 3.05) is 0 Å². The van der Waals surface area contributed by atoms with Gasteiger partial charge < -0.3 is 10.2 Å². The van der Waals surface area contributed by atoms with E-state index >= 15 is 8.78 Å². The van der Waals surface area contributed by atoms with Crippen molar-refractivity contribution in [1.29, 1.82) is 0 Å². The molecule has 0 aliphatic heterocycles. The molecule has 2 nitrogen and oxygen atoms in total. The van der Waals surface area contributed by atoms with Crippen LogP contribution in [-0.2, 0) is 0 Å². The first-order valence-electron chi connectivity index (χ1n) is 9.42. The highest BCUT2D eigenvalue weighted by atomic mass is 19.3. The highest BCUT2D eigenvalue weighted by Gasteiger charge is 2.66. The number of fused-ring (bicyclic) bond motifs is 5. The van der Waals surface area contributed by atoms with Gasteiger partial charge >= 0.3 is 0 Å². The van der Waals surface area contributed by atoms with E-state index in [1.54, 1.807) is 0 Å². The zero-order valence-corrected chi connectivity index (χ0v) is 14.3. The first kappa shape index (κ1) is 16.3. The van der Waals surface area contributed by atoms with Gasteiger partial charge in [0.2, 0.25) is 0 Å². The number of halogens is 2. The van der Waals surface area contributed by atoms with Gasteiger partial charge in [0.25, 0.3) is 5.92 Å². The molecule has 8 atom stereocenters. The topological polar surface area (TPSA) is 40.5 Å². The average molecular weight is 328 g/mol. The quantitative estimate of drug-likeness (QED) is 0.706. The molecule has 0 heterocycles. The lowest BCUT2D eigenvalue weighted by molar-refractivity contribution is -0.236. The van der Waals surface area contributed by atoms with Gasteiger partial charge in [0.05, 0.1) is 12.2 Å². The van der Waals surface area contributed by atoms with E-state index in [2.05, 4.69) is 13.8 Å². The fraction of sp³-hybridized carbons (Fsp3) is 1.00. The summed E-state index contributed by atoms with van der Waals surface area (Å²) in [5.74, 6) is -2.73. The molecular formula is C19H30F2O2. The largest absolute Gasteiger partial charge is 0.393 e. The second-order valence-electron chi connectivity index (χ2n) is 9.47. The standard InChI is InChI=1S/C19H30F2O2/c1-17-7-5-11(22)9-15(17)19(20,21)10-12-13-3-4-16(23)18(13,2)8-6-14(12)17/h11-16,22-23H,3-10H2,1-2H3. The Hall–Kier alpha value is -0.220. The lowest BCUT2D eigenvalue weighted by atomic mass is 9.44. The second kappa shape index (κ2) is 4.91. The molecule has 0 radical (unpaired) electrons. The van der Waals surface area contributed by atoms with Crippen molar-refractivity contribution in [3.05, 3.63) is 0 Å². The maximum absolute atomic E-state index is 15.0. The van der Waals surface area contributed by atoms with E-state index in [0.717, 1.165) is 32.1 Å². The number of hydrogen-bond donors (Lipinski definition) is 2. The first-order valence-corrected chi connectivity index (χ1v) is 9.42. The molecule has 8 unspecified atom stereocenters. The van der Waals surface area contributed by atoms with Gasteiger partial charge in [-0.25, -0.2) is 8.78 Å². The summed E-state index contributed by atoms with van der Waals surface area (Å²) in [6, 6.07) is 0. The molecule has 0 aromatic heterocycles. The smallest absolute Gasteiger partial charge is 0.251 e. The molecule has 0 saturated heterocycles. The van der Waals surface area contributed by atoms with Crippen molar-refractivity contribution in [3.8, 4) is 0 Å². The molecule has 4 saturated carbocycles. The van der Waals surface area contributed by atoms with E-state index in [-0.39, 0.29) is 41.6 Å². The SMILES string of the molecule is CC12CCC3C(CC(F)(F)C4CC(O)CCC34C)C1CCC2O. The van der Waals surface area contributed by atoms with Crippen molar-refractivity contribution in [3.63, 3.8) is 0 Å². The van der Waals surface area contributed by atoms with Crippen molar-refractivity contribution in [2.24, 2.45) is 34.5 Å². The van der Waals surface area contributed by atoms with E-state index < -0.39 is 17.9 Å². The minimum Gasteiger partial charge on any atom is -0.393 e. The van der Waals surface area contributed by atoms with Gasteiger partial charge in [-0.3, -0.25) is 0 Å². The molecule has 4 rings (SSSR count). The van der Waals surface area contributed by atoms with Gasteiger partial charge in [-0.2, -0.15) is 0 Å². The van der Waals surface area contributed by atoms with E-state index in [9.17, 15) is 10.2 Å². The number of hydrogen-bond acceptors (Lipinski definition) is 2. The van der Waals surface area contributed by atoms with Crippen molar-refractivity contribution in [2.45, 2.75) is 83.3 Å². The summed E-state index contributed by atoms with van der Waals surface area (Å²) in [5, 5.41) is 20.4. The third-order valence-electron chi connectivity index (χ3n) is 8.57. The van der Waals surface area contributed by atoms with Crippen LogP contribution in [0.25, 0.3) is 0 Å². The predicted octanol–water partition coefficient (Wildman–Crippen LogP) is 4.00. The van der Waals surface area contributed by atoms with Crippen LogP contribution in [0.4, 0.5) is 8.78 Å². The summed E-state index contributed by atoms with van der Waals surface area (Å²) in [6.07, 6.45) is 4.35. The van der Waals surface area contributed by atoms with E-state index in [0.29, 0.717) is 12.3 Å². The zero-order chi connectivity index (χ0) is 16.6. The highest BCUT2D eigenvalue weighted by Crippen LogP contribution is 2.68. The van der Waals surface area contributed by atoms with E-state index in [4.69, 9.17) is 0 Å². The zero-order valence-electron chi connectivity index (χ0n) is 14.3. The third-order valence-corrected chi connectivity index (χ3v) is 8.57. The van der Waals surface area contributed by atoms with Crippen LogP contribution in [0.15, 0.2) is 0 Å². The summed E-state index contributed by atoms with van der Waals surface area (Å²) >= 11 is 0. The van der Waals surface area contributed by atoms with Gasteiger partial charge in [-0.1, -0.05) is 13.8 Å². The fourth-order valence-corrected chi connectivity index (χ4v) is 7.23. The normalized spacial score (nSPS) is 58.2. The molecule has 4 aliphatic carbocycles. The van der Waals surface area contributed by atoms with Crippen LogP contribution in [0.3, 0.4) is 0 Å². The molecule has 0 spiro atoms. The Balaban J connectivity index is 1.71. The monoisotopic (exact) mass is 328 g/mol. The third kappa shape index (κ3) is 2.09. The van der Waals surface area contributed by atoms with Crippen molar-refractivity contribution in [1.82, 2.24) is 0 Å². The molecule has 0 amide bonds. The van der Waals surface area contributed by atoms with Gasteiger partial charge in [-0.15, -0.1) is 0 Å². The van der Waals surface area contributed by atoms with Crippen LogP contribution in [-0.4, -0.2) is 28.3 Å². The average Bonchev–Trinajstić information content (AvgIpc) is 2.77. The van der Waals surface area contributed by atoms with Crippen LogP contribution in [0.1, 0.15) is 65.2 Å². The Morgan fingerprint density at radius 1 is 0.870 bits per heavy atom. The summed E-state index contributed by atoms with van der Waals surface area (Å²) < 4.78 is 30.1. The number of aliphatic hydroxyl groups is 2. The molecule has 0 aromatic carbocycles. The maximum Gasteiger partial charge on any atom is 0.251 e. The molecule has 4 fully saturated rings. The second-order valence-corrected chi connectivity index (χ2v) is 9.47. The van der Waals surface area contributed by atoms with Crippen LogP contribution >= 0.6 is 0 Å². The Bertz CT molecular complexity index is 496. The first-order chi connectivity index (χ1) is 10.7. The minimum atomic E-state index is -2.68. The molecule has 0 bridgehead atoms. The Kier molecular flexibility index (Phi) is 3.47. The minimum absolute atomic E-state index is 0.0301.